The first-order chi connectivity index (χ1) is 11.5. The highest BCUT2D eigenvalue weighted by Gasteiger charge is 2.22. The Bertz CT molecular complexity index is 895. The summed E-state index contributed by atoms with van der Waals surface area (Å²) in [6.07, 6.45) is 0. The Labute approximate surface area is 141 Å². The predicted octanol–water partition coefficient (Wildman–Crippen LogP) is 0.809. The summed E-state index contributed by atoms with van der Waals surface area (Å²) in [6, 6.07) is 3.73. The number of nitrogen functional groups attached to an aromatic ring is 1. The van der Waals surface area contributed by atoms with Crippen molar-refractivity contribution < 1.29 is 14.2 Å². The first kappa shape index (κ1) is 15.9. The molecule has 3 aromatic rings. The van der Waals surface area contributed by atoms with Crippen molar-refractivity contribution in [2.45, 2.75) is 6.54 Å². The molecular weight excluding hydrogens is 389 g/mol. The average molecular weight is 398 g/mol. The summed E-state index contributed by atoms with van der Waals surface area (Å²) in [5.74, 6) is -0.960. The van der Waals surface area contributed by atoms with Gasteiger partial charge in [0.25, 0.3) is 5.95 Å². The van der Waals surface area contributed by atoms with E-state index in [1.54, 1.807) is 0 Å². The predicted molar refractivity (Wildman–Crippen MR) is 80.8 cm³/mol. The molecule has 0 amide bonds. The fourth-order valence-corrected chi connectivity index (χ4v) is 2.16. The minimum absolute atomic E-state index is 0.0215. The second kappa shape index (κ2) is 6.29. The number of nitrogens with zero attached hydrogens (tertiary/aromatic N) is 7. The Morgan fingerprint density at radius 2 is 2.25 bits per heavy atom. The van der Waals surface area contributed by atoms with Crippen LogP contribution in [0.15, 0.2) is 27.3 Å². The molecule has 2 heterocycles. The molecule has 24 heavy (non-hydrogen) atoms. The van der Waals surface area contributed by atoms with E-state index in [-0.39, 0.29) is 34.0 Å². The van der Waals surface area contributed by atoms with Gasteiger partial charge in [0.05, 0.1) is 10.2 Å². The lowest BCUT2D eigenvalue weighted by Gasteiger charge is -2.16. The molecule has 4 N–H and O–H groups in total. The second-order valence-corrected chi connectivity index (χ2v) is 5.35. The van der Waals surface area contributed by atoms with Crippen molar-refractivity contribution >= 4 is 33.4 Å². The largest absolute Gasteiger partial charge is 0.365 e. The van der Waals surface area contributed by atoms with Gasteiger partial charge < -0.3 is 5.73 Å². The highest BCUT2D eigenvalue weighted by Crippen LogP contribution is 2.23. The quantitative estimate of drug-likeness (QED) is 0.329. The number of aromatic nitrogens is 6. The van der Waals surface area contributed by atoms with Crippen LogP contribution in [0.1, 0.15) is 11.4 Å². The number of hydroxylamine groups is 1. The molecular formula is C11H9BrFN9O2. The maximum absolute atomic E-state index is 13.3. The molecule has 0 aliphatic heterocycles. The van der Waals surface area contributed by atoms with Gasteiger partial charge in [-0.05, 0) is 44.5 Å². The van der Waals surface area contributed by atoms with Crippen LogP contribution in [0.4, 0.5) is 16.0 Å². The lowest BCUT2D eigenvalue weighted by Crippen LogP contribution is -2.28. The van der Waals surface area contributed by atoms with Crippen LogP contribution < -0.4 is 10.8 Å². The van der Waals surface area contributed by atoms with E-state index in [0.29, 0.717) is 5.06 Å². The molecule has 3 rings (SSSR count). The van der Waals surface area contributed by atoms with Crippen LogP contribution in [0, 0.1) is 11.2 Å². The molecule has 1 aromatic carbocycles. The number of nitrogens with two attached hydrogens (primary N) is 1. The van der Waals surface area contributed by atoms with Gasteiger partial charge in [-0.3, -0.25) is 10.6 Å². The van der Waals surface area contributed by atoms with Crippen molar-refractivity contribution in [3.8, 4) is 0 Å². The van der Waals surface area contributed by atoms with Crippen molar-refractivity contribution in [1.29, 1.82) is 5.41 Å². The number of benzene rings is 1. The molecule has 0 spiro atoms. The zero-order chi connectivity index (χ0) is 17.3. The zero-order valence-electron chi connectivity index (χ0n) is 11.8. The maximum Gasteiger partial charge on any atom is 0.260 e. The van der Waals surface area contributed by atoms with Gasteiger partial charge in [-0.15, -0.1) is 5.10 Å². The number of anilines is 2. The van der Waals surface area contributed by atoms with Crippen LogP contribution >= 0.6 is 15.9 Å². The molecule has 11 nitrogen and oxygen atoms in total. The lowest BCUT2D eigenvalue weighted by molar-refractivity contribution is 0.296. The summed E-state index contributed by atoms with van der Waals surface area (Å²) in [4.78, 5) is 1.13. The summed E-state index contributed by atoms with van der Waals surface area (Å²) in [5, 5.41) is 36.9. The third-order valence-corrected chi connectivity index (χ3v) is 3.51. The minimum Gasteiger partial charge on any atom is -0.365 e. The molecule has 0 aliphatic rings. The Morgan fingerprint density at radius 3 is 2.92 bits per heavy atom. The SMILES string of the molecule is N=C(c1nonc1Cn1nnc(N)n1)N(O)c1ccc(F)c(Br)c1. The number of nitrogens with one attached hydrogen (secondary N) is 1. The van der Waals surface area contributed by atoms with E-state index in [4.69, 9.17) is 11.1 Å². The zero-order valence-corrected chi connectivity index (χ0v) is 13.3. The van der Waals surface area contributed by atoms with E-state index in [1.807, 2.05) is 0 Å². The summed E-state index contributed by atoms with van der Waals surface area (Å²) in [7, 11) is 0. The summed E-state index contributed by atoms with van der Waals surface area (Å²) >= 11 is 3.00. The first-order valence-electron chi connectivity index (χ1n) is 6.33. The molecule has 0 fully saturated rings. The number of rotatable bonds is 4. The van der Waals surface area contributed by atoms with Gasteiger partial charge in [0.2, 0.25) is 0 Å². The average Bonchev–Trinajstić information content (AvgIpc) is 3.18. The molecule has 13 heteroatoms. The van der Waals surface area contributed by atoms with E-state index in [2.05, 4.69) is 46.3 Å². The normalized spacial score (nSPS) is 10.8. The van der Waals surface area contributed by atoms with Gasteiger partial charge >= 0.3 is 0 Å². The van der Waals surface area contributed by atoms with Gasteiger partial charge in [-0.1, -0.05) is 10.3 Å². The molecule has 0 atom stereocenters. The topological polar surface area (TPSA) is 156 Å². The molecule has 0 saturated carbocycles. The van der Waals surface area contributed by atoms with Crippen LogP contribution in [-0.2, 0) is 6.54 Å². The fourth-order valence-electron chi connectivity index (χ4n) is 1.79. The molecule has 124 valence electrons. The number of halogens is 2. The van der Waals surface area contributed by atoms with Crippen molar-refractivity contribution in [1.82, 2.24) is 30.5 Å². The smallest absolute Gasteiger partial charge is 0.260 e. The van der Waals surface area contributed by atoms with E-state index >= 15 is 0 Å². The number of hydrogen-bond donors (Lipinski definition) is 3. The standard InChI is InChI=1S/C11H9BrFN9O2/c12-6-3-5(1-2-7(6)13)22(23)10(14)9-8(18-24-19-9)4-21-17-11(15)16-20-21/h1-3,14,23H,4H2,(H2,15,17). The molecule has 2 aromatic heterocycles. The Kier molecular flexibility index (Phi) is 4.18. The monoisotopic (exact) mass is 397 g/mol. The highest BCUT2D eigenvalue weighted by molar-refractivity contribution is 9.10. The second-order valence-electron chi connectivity index (χ2n) is 4.50. The summed E-state index contributed by atoms with van der Waals surface area (Å²) in [6.45, 7) is -0.0215. The molecule has 0 saturated heterocycles. The van der Waals surface area contributed by atoms with Crippen LogP contribution in [0.2, 0.25) is 0 Å². The van der Waals surface area contributed by atoms with E-state index in [1.165, 1.54) is 12.1 Å². The first-order valence-corrected chi connectivity index (χ1v) is 7.12. The molecule has 0 unspecified atom stereocenters. The van der Waals surface area contributed by atoms with Crippen LogP contribution in [-0.4, -0.2) is 41.6 Å². The van der Waals surface area contributed by atoms with Crippen molar-refractivity contribution in [3.05, 3.63) is 39.9 Å². The number of tetrazole rings is 1. The van der Waals surface area contributed by atoms with Crippen molar-refractivity contribution in [2.75, 3.05) is 10.8 Å². The maximum atomic E-state index is 13.3. The van der Waals surface area contributed by atoms with Crippen LogP contribution in [0.5, 0.6) is 0 Å². The fraction of sp³-hybridized carbons (Fsp3) is 0.0909. The summed E-state index contributed by atoms with van der Waals surface area (Å²) < 4.78 is 18.0. The van der Waals surface area contributed by atoms with E-state index < -0.39 is 11.7 Å². The minimum atomic E-state index is -0.502. The van der Waals surface area contributed by atoms with E-state index in [0.717, 1.165) is 10.9 Å². The summed E-state index contributed by atoms with van der Waals surface area (Å²) in [5.41, 5.74) is 5.64. The Hall–Kier alpha value is -2.93. The van der Waals surface area contributed by atoms with Crippen LogP contribution in [0.25, 0.3) is 0 Å². The van der Waals surface area contributed by atoms with Gasteiger partial charge in [-0.25, -0.2) is 14.1 Å². The van der Waals surface area contributed by atoms with Crippen molar-refractivity contribution in [2.24, 2.45) is 0 Å². The molecule has 0 aliphatic carbocycles. The van der Waals surface area contributed by atoms with Gasteiger partial charge in [0.15, 0.2) is 11.5 Å². The van der Waals surface area contributed by atoms with Gasteiger partial charge in [0.1, 0.15) is 18.1 Å². The van der Waals surface area contributed by atoms with Gasteiger partial charge in [-0.2, -0.15) is 4.80 Å². The van der Waals surface area contributed by atoms with Gasteiger partial charge in [0, 0.05) is 0 Å². The Balaban J connectivity index is 1.84. The van der Waals surface area contributed by atoms with Crippen LogP contribution in [0.3, 0.4) is 0 Å². The number of hydrogen-bond acceptors (Lipinski definition) is 9. The molecule has 0 radical (unpaired) electrons. The number of amidine groups is 1. The Morgan fingerprint density at radius 1 is 1.46 bits per heavy atom. The lowest BCUT2D eigenvalue weighted by atomic mass is 10.2. The third-order valence-electron chi connectivity index (χ3n) is 2.90. The molecule has 0 bridgehead atoms. The third kappa shape index (κ3) is 3.07. The van der Waals surface area contributed by atoms with E-state index in [9.17, 15) is 9.60 Å². The highest BCUT2D eigenvalue weighted by atomic mass is 79.9. The van der Waals surface area contributed by atoms with Crippen molar-refractivity contribution in [3.63, 3.8) is 0 Å².